The molecule has 0 atom stereocenters. The van der Waals surface area contributed by atoms with Crippen molar-refractivity contribution < 1.29 is 9.30 Å². The molecule has 2 nitrogen and oxygen atoms in total. The summed E-state index contributed by atoms with van der Waals surface area (Å²) in [5.74, 6) is 10.0. The summed E-state index contributed by atoms with van der Waals surface area (Å²) in [5, 5.41) is 7.76. The molecule has 4 aromatic carbocycles. The number of benzene rings is 4. The minimum atomic E-state index is -1.96. The maximum absolute atomic E-state index is 6.82. The first-order valence-corrected chi connectivity index (χ1v) is 20.5. The van der Waals surface area contributed by atoms with Gasteiger partial charge in [-0.15, -0.1) is 0 Å². The Labute approximate surface area is 217 Å². The fourth-order valence-electron chi connectivity index (χ4n) is 6.06. The van der Waals surface area contributed by atoms with Crippen molar-refractivity contribution in [3.63, 3.8) is 0 Å². The van der Waals surface area contributed by atoms with Gasteiger partial charge in [0.25, 0.3) is 0 Å². The van der Waals surface area contributed by atoms with E-state index in [9.17, 15) is 0 Å². The van der Waals surface area contributed by atoms with Gasteiger partial charge < -0.3 is 0 Å². The second-order valence-electron chi connectivity index (χ2n) is 12.2. The maximum atomic E-state index is 6.82. The Morgan fingerprint density at radius 2 is 1.61 bits per heavy atom. The third kappa shape index (κ3) is 3.48. The van der Waals surface area contributed by atoms with Crippen molar-refractivity contribution in [1.29, 1.82) is 0 Å². The van der Waals surface area contributed by atoms with E-state index in [0.29, 0.717) is 5.92 Å². The van der Waals surface area contributed by atoms with E-state index >= 15 is 0 Å². The van der Waals surface area contributed by atoms with Crippen LogP contribution in [0.1, 0.15) is 30.5 Å². The Morgan fingerprint density at radius 3 is 2.33 bits per heavy atom. The summed E-state index contributed by atoms with van der Waals surface area (Å²) in [7, 11) is 2.17. The number of nitrogens with zero attached hydrogens (tertiary/aromatic N) is 1. The van der Waals surface area contributed by atoms with Crippen LogP contribution in [0.3, 0.4) is 0 Å². The standard InChI is InChI=1S/C33H36GeNO/c1-19(2)15-22-9-12-25-21(4)33-30(20(3)27(25)16-22)32-31-26(13-14-35(32)8)28-18-24(34(5,6)7)11-10-23(28)17-29(31)36-33/h9-14,16-19H,15H2,1-8H3/q+1. The van der Waals surface area contributed by atoms with Gasteiger partial charge in [-0.25, -0.2) is 0 Å². The van der Waals surface area contributed by atoms with Gasteiger partial charge in [0, 0.05) is 0 Å². The molecule has 0 aliphatic carbocycles. The van der Waals surface area contributed by atoms with E-state index in [1.165, 1.54) is 60.3 Å². The summed E-state index contributed by atoms with van der Waals surface area (Å²) >= 11 is -1.96. The van der Waals surface area contributed by atoms with Crippen LogP contribution in [0.4, 0.5) is 0 Å². The van der Waals surface area contributed by atoms with Gasteiger partial charge in [-0.05, 0) is 5.92 Å². The summed E-state index contributed by atoms with van der Waals surface area (Å²) in [6.07, 6.45) is 3.33. The van der Waals surface area contributed by atoms with Gasteiger partial charge in [0.2, 0.25) is 0 Å². The fourth-order valence-corrected chi connectivity index (χ4v) is 8.50. The molecular weight excluding hydrogens is 499 g/mol. The number of pyridine rings is 1. The van der Waals surface area contributed by atoms with Crippen LogP contribution >= 0.6 is 0 Å². The molecule has 0 saturated heterocycles. The number of hydrogen-bond donors (Lipinski definition) is 0. The van der Waals surface area contributed by atoms with Gasteiger partial charge in [0.15, 0.2) is 0 Å². The van der Waals surface area contributed by atoms with Crippen molar-refractivity contribution in [1.82, 2.24) is 0 Å². The topological polar surface area (TPSA) is 13.1 Å². The molecule has 1 aliphatic rings. The fraction of sp³-hybridized carbons (Fsp3) is 0.303. The van der Waals surface area contributed by atoms with Crippen molar-refractivity contribution >= 4 is 50.0 Å². The van der Waals surface area contributed by atoms with Crippen LogP contribution in [-0.2, 0) is 13.5 Å². The van der Waals surface area contributed by atoms with Gasteiger partial charge >= 0.3 is 198 Å². The van der Waals surface area contributed by atoms with E-state index in [1.807, 2.05) is 0 Å². The number of rotatable bonds is 3. The SMILES string of the molecule is Cc1c2c(c(C)c3cc(CC(C)C)ccc13)-c1c3c(cc4cc[c]([Ge]([CH3])([CH3])[CH3])cc4c3cc[n+]1C)O2. The zero-order valence-corrected chi connectivity index (χ0v) is 24.9. The summed E-state index contributed by atoms with van der Waals surface area (Å²) < 4.78 is 10.7. The van der Waals surface area contributed by atoms with Crippen molar-refractivity contribution in [2.45, 2.75) is 51.4 Å². The van der Waals surface area contributed by atoms with Crippen LogP contribution in [-0.4, -0.2) is 13.3 Å². The van der Waals surface area contributed by atoms with E-state index in [2.05, 4.69) is 111 Å². The molecule has 1 aromatic heterocycles. The van der Waals surface area contributed by atoms with Crippen molar-refractivity contribution in [3.8, 4) is 22.8 Å². The molecule has 5 aromatic rings. The van der Waals surface area contributed by atoms with Crippen molar-refractivity contribution in [2.75, 3.05) is 0 Å². The Bertz CT molecular complexity index is 1720. The predicted molar refractivity (Wildman–Crippen MR) is 157 cm³/mol. The van der Waals surface area contributed by atoms with Crippen LogP contribution in [0, 0.1) is 19.8 Å². The van der Waals surface area contributed by atoms with Crippen LogP contribution in [0.2, 0.25) is 17.3 Å². The molecule has 0 bridgehead atoms. The average Bonchev–Trinajstić information content (AvgIpc) is 2.82. The normalized spacial score (nSPS) is 13.0. The third-order valence-electron chi connectivity index (χ3n) is 7.99. The number of aryl methyl sites for hydroxylation is 3. The summed E-state index contributed by atoms with van der Waals surface area (Å²) in [6, 6.07) is 18.7. The second kappa shape index (κ2) is 8.08. The first kappa shape index (κ1) is 23.5. The molecule has 2 heterocycles. The molecule has 6 rings (SSSR count). The molecule has 0 spiro atoms. The zero-order valence-electron chi connectivity index (χ0n) is 22.8. The molecule has 0 N–H and O–H groups in total. The molecule has 0 saturated carbocycles. The van der Waals surface area contributed by atoms with Crippen molar-refractivity contribution in [3.05, 3.63) is 71.4 Å². The quantitative estimate of drug-likeness (QED) is 0.127. The number of ether oxygens (including phenoxy) is 1. The molecular formula is C33H36GeNO+. The van der Waals surface area contributed by atoms with Gasteiger partial charge in [-0.1, -0.05) is 13.8 Å². The average molecular weight is 535 g/mol. The van der Waals surface area contributed by atoms with E-state index in [0.717, 1.165) is 17.9 Å². The van der Waals surface area contributed by atoms with E-state index in [1.54, 1.807) is 4.40 Å². The monoisotopic (exact) mass is 536 g/mol. The van der Waals surface area contributed by atoms with Crippen LogP contribution in [0.15, 0.2) is 54.7 Å². The van der Waals surface area contributed by atoms with Gasteiger partial charge in [-0.3, -0.25) is 0 Å². The summed E-state index contributed by atoms with van der Waals surface area (Å²) in [6.45, 7) is 9.08. The van der Waals surface area contributed by atoms with Crippen LogP contribution < -0.4 is 13.7 Å². The van der Waals surface area contributed by atoms with Gasteiger partial charge in [-0.2, -0.15) is 0 Å². The predicted octanol–water partition coefficient (Wildman–Crippen LogP) is 8.10. The number of aromatic nitrogens is 1. The first-order valence-electron chi connectivity index (χ1n) is 13.2. The summed E-state index contributed by atoms with van der Waals surface area (Å²) in [4.78, 5) is 0. The van der Waals surface area contributed by atoms with E-state index < -0.39 is 13.3 Å². The second-order valence-corrected chi connectivity index (χ2v) is 22.8. The molecule has 3 heteroatoms. The molecule has 36 heavy (non-hydrogen) atoms. The zero-order chi connectivity index (χ0) is 25.5. The van der Waals surface area contributed by atoms with Crippen LogP contribution in [0.25, 0.3) is 43.6 Å². The molecule has 0 radical (unpaired) electrons. The summed E-state index contributed by atoms with van der Waals surface area (Å²) in [5.41, 5.74) is 6.45. The molecule has 0 unspecified atom stereocenters. The van der Waals surface area contributed by atoms with E-state index in [4.69, 9.17) is 4.74 Å². The number of hydrogen-bond acceptors (Lipinski definition) is 1. The van der Waals surface area contributed by atoms with E-state index in [-0.39, 0.29) is 0 Å². The Morgan fingerprint density at radius 1 is 0.833 bits per heavy atom. The molecule has 0 fully saturated rings. The van der Waals surface area contributed by atoms with Gasteiger partial charge in [0.05, 0.1) is 0 Å². The van der Waals surface area contributed by atoms with Crippen LogP contribution in [0.5, 0.6) is 11.5 Å². The Hall–Kier alpha value is -2.85. The first-order chi connectivity index (χ1) is 17.0. The minimum absolute atomic E-state index is 0.638. The molecule has 0 amide bonds. The Kier molecular flexibility index (Phi) is 5.28. The van der Waals surface area contributed by atoms with Gasteiger partial charge in [0.1, 0.15) is 0 Å². The third-order valence-corrected chi connectivity index (χ3v) is 12.3. The number of fused-ring (bicyclic) bond motifs is 5. The molecule has 1 aliphatic heterocycles. The van der Waals surface area contributed by atoms with Crippen molar-refractivity contribution in [2.24, 2.45) is 13.0 Å². The Balaban J connectivity index is 1.72. The molecule has 182 valence electrons.